The first kappa shape index (κ1) is 12.2. The van der Waals surface area contributed by atoms with Gasteiger partial charge in [-0.2, -0.15) is 0 Å². The van der Waals surface area contributed by atoms with Crippen LogP contribution in [0.25, 0.3) is 0 Å². The van der Waals surface area contributed by atoms with Gasteiger partial charge in [0.05, 0.1) is 12.6 Å². The predicted molar refractivity (Wildman–Crippen MR) is 43.5 cm³/mol. The van der Waals surface area contributed by atoms with Crippen molar-refractivity contribution >= 4 is 5.91 Å². The summed E-state index contributed by atoms with van der Waals surface area (Å²) in [4.78, 5) is 10.8. The predicted octanol–water partition coefficient (Wildman–Crippen LogP) is -0.268. The van der Waals surface area contributed by atoms with Crippen molar-refractivity contribution in [3.8, 4) is 0 Å². The Kier molecular flexibility index (Phi) is 6.34. The maximum absolute atomic E-state index is 11.5. The fourth-order valence-corrected chi connectivity index (χ4v) is 0.580. The summed E-state index contributed by atoms with van der Waals surface area (Å²) in [6.45, 7) is 1.21. The molecule has 13 heavy (non-hydrogen) atoms. The highest BCUT2D eigenvalue weighted by Gasteiger charge is 2.06. The van der Waals surface area contributed by atoms with Gasteiger partial charge in [-0.05, 0) is 6.92 Å². The molecule has 0 rings (SSSR count). The fourth-order valence-electron chi connectivity index (χ4n) is 0.580. The third kappa shape index (κ3) is 7.61. The van der Waals surface area contributed by atoms with Crippen molar-refractivity contribution < 1.29 is 18.3 Å². The van der Waals surface area contributed by atoms with Crippen LogP contribution in [0, 0.1) is 0 Å². The molecule has 6 heteroatoms. The number of rotatable bonds is 6. The topological polar surface area (TPSA) is 64.4 Å². The molecular formula is C7H14F2N2O2. The standard InChI is InChI=1S/C7H14F2N2O2/c1-5(10)7(12)11-2-3-13-4-6(8)9/h5-6H,2-4,10H2,1H3,(H,11,12). The second-order valence-electron chi connectivity index (χ2n) is 2.55. The first-order valence-corrected chi connectivity index (χ1v) is 3.93. The molecule has 0 aliphatic rings. The quantitative estimate of drug-likeness (QED) is 0.575. The van der Waals surface area contributed by atoms with Crippen LogP contribution in [0.5, 0.6) is 0 Å². The Balaban J connectivity index is 3.21. The molecule has 78 valence electrons. The summed E-state index contributed by atoms with van der Waals surface area (Å²) in [6, 6.07) is -0.588. The average molecular weight is 196 g/mol. The number of nitrogens with one attached hydrogen (secondary N) is 1. The van der Waals surface area contributed by atoms with Crippen molar-refractivity contribution in [3.63, 3.8) is 0 Å². The zero-order chi connectivity index (χ0) is 10.3. The molecule has 0 saturated carbocycles. The molecule has 1 amide bonds. The smallest absolute Gasteiger partial charge is 0.261 e. The fraction of sp³-hybridized carbons (Fsp3) is 0.857. The maximum Gasteiger partial charge on any atom is 0.261 e. The Hall–Kier alpha value is -0.750. The van der Waals surface area contributed by atoms with Crippen LogP contribution in [0.2, 0.25) is 0 Å². The number of nitrogens with two attached hydrogens (primary N) is 1. The number of hydrogen-bond donors (Lipinski definition) is 2. The molecule has 0 spiro atoms. The lowest BCUT2D eigenvalue weighted by atomic mass is 10.3. The highest BCUT2D eigenvalue weighted by Crippen LogP contribution is 1.91. The summed E-state index contributed by atoms with van der Waals surface area (Å²) >= 11 is 0. The molecule has 0 heterocycles. The number of alkyl halides is 2. The highest BCUT2D eigenvalue weighted by molar-refractivity contribution is 5.80. The maximum atomic E-state index is 11.5. The first-order chi connectivity index (χ1) is 6.04. The molecule has 1 unspecified atom stereocenters. The van der Waals surface area contributed by atoms with Gasteiger partial charge < -0.3 is 15.8 Å². The van der Waals surface area contributed by atoms with Crippen LogP contribution in [0.1, 0.15) is 6.92 Å². The van der Waals surface area contributed by atoms with Crippen LogP contribution < -0.4 is 11.1 Å². The number of halogens is 2. The van der Waals surface area contributed by atoms with Crippen LogP contribution in [0.15, 0.2) is 0 Å². The van der Waals surface area contributed by atoms with E-state index in [1.807, 2.05) is 0 Å². The molecule has 0 saturated heterocycles. The molecule has 0 aliphatic heterocycles. The Morgan fingerprint density at radius 3 is 2.69 bits per heavy atom. The van der Waals surface area contributed by atoms with E-state index in [4.69, 9.17) is 5.73 Å². The van der Waals surface area contributed by atoms with Crippen LogP contribution in [0.4, 0.5) is 8.78 Å². The van der Waals surface area contributed by atoms with Gasteiger partial charge in [0.1, 0.15) is 6.61 Å². The van der Waals surface area contributed by atoms with E-state index >= 15 is 0 Å². The highest BCUT2D eigenvalue weighted by atomic mass is 19.3. The van der Waals surface area contributed by atoms with Gasteiger partial charge in [-0.25, -0.2) is 8.78 Å². The molecule has 0 fully saturated rings. The van der Waals surface area contributed by atoms with E-state index in [1.165, 1.54) is 6.92 Å². The summed E-state index contributed by atoms with van der Waals surface area (Å²) in [5.41, 5.74) is 5.23. The van der Waals surface area contributed by atoms with E-state index in [9.17, 15) is 13.6 Å². The zero-order valence-electron chi connectivity index (χ0n) is 7.43. The van der Waals surface area contributed by atoms with Gasteiger partial charge >= 0.3 is 0 Å². The summed E-state index contributed by atoms with van der Waals surface area (Å²) in [7, 11) is 0. The van der Waals surface area contributed by atoms with Crippen LogP contribution in [-0.4, -0.2) is 38.1 Å². The zero-order valence-corrected chi connectivity index (χ0v) is 7.43. The lowest BCUT2D eigenvalue weighted by Gasteiger charge is -2.07. The molecular weight excluding hydrogens is 182 g/mol. The van der Waals surface area contributed by atoms with E-state index in [1.54, 1.807) is 0 Å². The van der Waals surface area contributed by atoms with Gasteiger partial charge in [-0.1, -0.05) is 0 Å². The van der Waals surface area contributed by atoms with E-state index in [0.717, 1.165) is 0 Å². The molecule has 0 radical (unpaired) electrons. The third-order valence-corrected chi connectivity index (χ3v) is 1.20. The molecule has 0 aromatic heterocycles. The summed E-state index contributed by atoms with van der Waals surface area (Å²) in [6.07, 6.45) is -2.47. The normalized spacial score (nSPS) is 13.0. The van der Waals surface area contributed by atoms with Crippen LogP contribution in [0.3, 0.4) is 0 Å². The number of ether oxygens (including phenoxy) is 1. The molecule has 1 atom stereocenters. The summed E-state index contributed by atoms with van der Waals surface area (Å²) < 4.78 is 27.6. The Morgan fingerprint density at radius 2 is 2.23 bits per heavy atom. The number of amides is 1. The molecule has 0 aromatic carbocycles. The molecule has 3 N–H and O–H groups in total. The van der Waals surface area contributed by atoms with Crippen molar-refractivity contribution in [1.29, 1.82) is 0 Å². The third-order valence-electron chi connectivity index (χ3n) is 1.20. The van der Waals surface area contributed by atoms with E-state index in [-0.39, 0.29) is 19.1 Å². The van der Waals surface area contributed by atoms with E-state index in [2.05, 4.69) is 10.1 Å². The number of carbonyl (C=O) groups is 1. The van der Waals surface area contributed by atoms with E-state index < -0.39 is 19.1 Å². The Morgan fingerprint density at radius 1 is 1.62 bits per heavy atom. The van der Waals surface area contributed by atoms with Crippen molar-refractivity contribution in [1.82, 2.24) is 5.32 Å². The summed E-state index contributed by atoms with van der Waals surface area (Å²) in [5, 5.41) is 2.42. The summed E-state index contributed by atoms with van der Waals surface area (Å²) in [5.74, 6) is -0.319. The minimum Gasteiger partial charge on any atom is -0.374 e. The lowest BCUT2D eigenvalue weighted by Crippen LogP contribution is -2.39. The van der Waals surface area contributed by atoms with E-state index in [0.29, 0.717) is 0 Å². The second kappa shape index (κ2) is 6.73. The monoisotopic (exact) mass is 196 g/mol. The second-order valence-corrected chi connectivity index (χ2v) is 2.55. The van der Waals surface area contributed by atoms with Gasteiger partial charge in [0.25, 0.3) is 6.43 Å². The van der Waals surface area contributed by atoms with Crippen molar-refractivity contribution in [2.45, 2.75) is 19.4 Å². The minimum atomic E-state index is -2.47. The van der Waals surface area contributed by atoms with Crippen LogP contribution >= 0.6 is 0 Å². The van der Waals surface area contributed by atoms with Crippen molar-refractivity contribution in [2.24, 2.45) is 5.73 Å². The molecule has 0 bridgehead atoms. The molecule has 0 aliphatic carbocycles. The van der Waals surface area contributed by atoms with Gasteiger partial charge in [-0.3, -0.25) is 4.79 Å². The van der Waals surface area contributed by atoms with Gasteiger partial charge in [-0.15, -0.1) is 0 Å². The molecule has 0 aromatic rings. The lowest BCUT2D eigenvalue weighted by molar-refractivity contribution is -0.122. The molecule has 4 nitrogen and oxygen atoms in total. The number of carbonyl (C=O) groups excluding carboxylic acids is 1. The van der Waals surface area contributed by atoms with Gasteiger partial charge in [0, 0.05) is 6.54 Å². The van der Waals surface area contributed by atoms with Gasteiger partial charge in [0.2, 0.25) is 5.91 Å². The Labute approximate surface area is 75.4 Å². The largest absolute Gasteiger partial charge is 0.374 e. The van der Waals surface area contributed by atoms with Crippen molar-refractivity contribution in [2.75, 3.05) is 19.8 Å². The number of hydrogen-bond acceptors (Lipinski definition) is 3. The van der Waals surface area contributed by atoms with Crippen LogP contribution in [-0.2, 0) is 9.53 Å². The SMILES string of the molecule is CC(N)C(=O)NCCOCC(F)F. The minimum absolute atomic E-state index is 0.0722. The average Bonchev–Trinajstić information content (AvgIpc) is 2.02. The van der Waals surface area contributed by atoms with Crippen molar-refractivity contribution in [3.05, 3.63) is 0 Å². The first-order valence-electron chi connectivity index (χ1n) is 3.93. The Bertz CT molecular complexity index is 153. The van der Waals surface area contributed by atoms with Gasteiger partial charge in [0.15, 0.2) is 0 Å².